The number of ether oxygens (including phenoxy) is 1. The summed E-state index contributed by atoms with van der Waals surface area (Å²) in [7, 11) is 3.96. The van der Waals surface area contributed by atoms with Crippen molar-refractivity contribution in [2.45, 2.75) is 62.5 Å². The molecule has 0 aliphatic heterocycles. The molecule has 3 nitrogen and oxygen atoms in total. The number of nitrogens with one attached hydrogen (secondary N) is 1. The Labute approximate surface area is 122 Å². The number of aryl methyl sites for hydroxylation is 1. The third-order valence-electron chi connectivity index (χ3n) is 5.38. The first-order chi connectivity index (χ1) is 9.78. The van der Waals surface area contributed by atoms with Crippen molar-refractivity contribution in [3.8, 4) is 0 Å². The van der Waals surface area contributed by atoms with E-state index in [1.54, 1.807) is 0 Å². The Kier molecular flexibility index (Phi) is 4.08. The standard InChI is InChI=1S/C17H26N2O/c1-18-15(12-17(20-2)9-5-10-17)14-8-3-6-13-7-4-11-19-16(13)14/h4,7,11,14-15,18H,3,5-6,8-10,12H2,1-2H3. The van der Waals surface area contributed by atoms with Crippen molar-refractivity contribution in [1.82, 2.24) is 10.3 Å². The zero-order chi connectivity index (χ0) is 14.0. The fourth-order valence-electron chi connectivity index (χ4n) is 3.95. The third-order valence-corrected chi connectivity index (χ3v) is 5.38. The monoisotopic (exact) mass is 274 g/mol. The van der Waals surface area contributed by atoms with Crippen LogP contribution >= 0.6 is 0 Å². The summed E-state index contributed by atoms with van der Waals surface area (Å²) >= 11 is 0. The van der Waals surface area contributed by atoms with Crippen LogP contribution in [0.15, 0.2) is 18.3 Å². The molecule has 2 atom stereocenters. The highest BCUT2D eigenvalue weighted by Crippen LogP contribution is 2.42. The summed E-state index contributed by atoms with van der Waals surface area (Å²) in [6.07, 6.45) is 10.5. The van der Waals surface area contributed by atoms with Crippen LogP contribution in [0.25, 0.3) is 0 Å². The second-order valence-electron chi connectivity index (χ2n) is 6.39. The molecule has 1 saturated carbocycles. The molecule has 0 aromatic carbocycles. The number of fused-ring (bicyclic) bond motifs is 1. The lowest BCUT2D eigenvalue weighted by Gasteiger charge is -2.44. The molecule has 1 fully saturated rings. The highest BCUT2D eigenvalue weighted by atomic mass is 16.5. The van der Waals surface area contributed by atoms with Crippen LogP contribution in [0, 0.1) is 0 Å². The minimum Gasteiger partial charge on any atom is -0.378 e. The topological polar surface area (TPSA) is 34.1 Å². The molecule has 0 radical (unpaired) electrons. The zero-order valence-corrected chi connectivity index (χ0v) is 12.7. The lowest BCUT2D eigenvalue weighted by atomic mass is 9.71. The molecule has 1 N–H and O–H groups in total. The molecule has 0 spiro atoms. The van der Waals surface area contributed by atoms with Gasteiger partial charge in [0.05, 0.1) is 5.60 Å². The van der Waals surface area contributed by atoms with Gasteiger partial charge in [0.1, 0.15) is 0 Å². The Hall–Kier alpha value is -0.930. The summed E-state index contributed by atoms with van der Waals surface area (Å²) in [5.74, 6) is 0.539. The number of pyridine rings is 1. The summed E-state index contributed by atoms with van der Waals surface area (Å²) in [5, 5.41) is 3.55. The summed E-state index contributed by atoms with van der Waals surface area (Å²) < 4.78 is 5.82. The molecule has 2 aliphatic carbocycles. The molecule has 3 heteroatoms. The van der Waals surface area contributed by atoms with Gasteiger partial charge in [0.15, 0.2) is 0 Å². The van der Waals surface area contributed by atoms with Crippen LogP contribution in [0.2, 0.25) is 0 Å². The largest absolute Gasteiger partial charge is 0.378 e. The molecule has 2 aliphatic rings. The van der Waals surface area contributed by atoms with E-state index in [4.69, 9.17) is 4.74 Å². The summed E-state index contributed by atoms with van der Waals surface area (Å²) in [6.45, 7) is 0. The van der Waals surface area contributed by atoms with Crippen LogP contribution in [0.1, 0.15) is 55.7 Å². The number of rotatable bonds is 5. The number of nitrogens with zero attached hydrogens (tertiary/aromatic N) is 1. The number of likely N-dealkylation sites (N-methyl/N-ethyl adjacent to an activating group) is 1. The van der Waals surface area contributed by atoms with Gasteiger partial charge in [-0.25, -0.2) is 0 Å². The van der Waals surface area contributed by atoms with E-state index in [9.17, 15) is 0 Å². The fraction of sp³-hybridized carbons (Fsp3) is 0.706. The van der Waals surface area contributed by atoms with Gasteiger partial charge in [-0.05, 0) is 63.6 Å². The van der Waals surface area contributed by atoms with Gasteiger partial charge in [-0.15, -0.1) is 0 Å². The SMILES string of the molecule is CNC(CC1(OC)CCC1)C1CCCc2cccnc21. The second kappa shape index (κ2) is 5.82. The summed E-state index contributed by atoms with van der Waals surface area (Å²) in [6, 6.07) is 4.79. The maximum Gasteiger partial charge on any atom is 0.0693 e. The Bertz CT molecular complexity index is 451. The van der Waals surface area contributed by atoms with Crippen molar-refractivity contribution in [2.24, 2.45) is 0 Å². The van der Waals surface area contributed by atoms with E-state index in [2.05, 4.69) is 29.5 Å². The van der Waals surface area contributed by atoms with E-state index in [1.165, 1.54) is 49.8 Å². The smallest absolute Gasteiger partial charge is 0.0693 e. The first kappa shape index (κ1) is 14.0. The number of methoxy groups -OCH3 is 1. The zero-order valence-electron chi connectivity index (χ0n) is 12.7. The molecule has 1 aromatic heterocycles. The Balaban J connectivity index is 1.80. The highest BCUT2D eigenvalue weighted by Gasteiger charge is 2.41. The van der Waals surface area contributed by atoms with Crippen LogP contribution in [0.4, 0.5) is 0 Å². The molecule has 110 valence electrons. The predicted octanol–water partition coefficient (Wildman–Crippen LogP) is 3.05. The average Bonchev–Trinajstić information content (AvgIpc) is 2.47. The molecule has 0 bridgehead atoms. The van der Waals surface area contributed by atoms with Crippen LogP contribution in [0.3, 0.4) is 0 Å². The third kappa shape index (κ3) is 2.49. The van der Waals surface area contributed by atoms with Gasteiger partial charge in [0.25, 0.3) is 0 Å². The lowest BCUT2D eigenvalue weighted by molar-refractivity contribution is -0.0849. The van der Waals surface area contributed by atoms with Crippen molar-refractivity contribution in [2.75, 3.05) is 14.2 Å². The van der Waals surface area contributed by atoms with Crippen LogP contribution < -0.4 is 5.32 Å². The molecule has 3 rings (SSSR count). The number of hydrogen-bond acceptors (Lipinski definition) is 3. The maximum absolute atomic E-state index is 5.82. The van der Waals surface area contributed by atoms with Crippen LogP contribution in [0.5, 0.6) is 0 Å². The summed E-state index contributed by atoms with van der Waals surface area (Å²) in [4.78, 5) is 4.69. The molecule has 0 amide bonds. The molecular weight excluding hydrogens is 248 g/mol. The highest BCUT2D eigenvalue weighted by molar-refractivity contribution is 5.27. The van der Waals surface area contributed by atoms with E-state index in [1.807, 2.05) is 13.3 Å². The molecular formula is C17H26N2O. The molecule has 0 saturated heterocycles. The lowest BCUT2D eigenvalue weighted by Crippen LogP contribution is -2.47. The van der Waals surface area contributed by atoms with Crippen LogP contribution in [-0.2, 0) is 11.2 Å². The molecule has 20 heavy (non-hydrogen) atoms. The Morgan fingerprint density at radius 2 is 2.30 bits per heavy atom. The van der Waals surface area contributed by atoms with E-state index in [0.29, 0.717) is 12.0 Å². The van der Waals surface area contributed by atoms with Gasteiger partial charge < -0.3 is 10.1 Å². The first-order valence-electron chi connectivity index (χ1n) is 7.94. The average molecular weight is 274 g/mol. The minimum atomic E-state index is 0.125. The minimum absolute atomic E-state index is 0.125. The fourth-order valence-corrected chi connectivity index (χ4v) is 3.95. The quantitative estimate of drug-likeness (QED) is 0.896. The molecule has 1 heterocycles. The van der Waals surface area contributed by atoms with Crippen molar-refractivity contribution in [1.29, 1.82) is 0 Å². The van der Waals surface area contributed by atoms with Crippen molar-refractivity contribution < 1.29 is 4.74 Å². The maximum atomic E-state index is 5.82. The first-order valence-corrected chi connectivity index (χ1v) is 7.94. The van der Waals surface area contributed by atoms with Crippen molar-refractivity contribution >= 4 is 0 Å². The van der Waals surface area contributed by atoms with Gasteiger partial charge in [0.2, 0.25) is 0 Å². The van der Waals surface area contributed by atoms with E-state index in [-0.39, 0.29) is 5.60 Å². The Morgan fingerprint density at radius 3 is 2.95 bits per heavy atom. The Morgan fingerprint density at radius 1 is 1.45 bits per heavy atom. The number of hydrogen-bond donors (Lipinski definition) is 1. The number of aromatic nitrogens is 1. The van der Waals surface area contributed by atoms with Crippen LogP contribution in [-0.4, -0.2) is 30.8 Å². The summed E-state index contributed by atoms with van der Waals surface area (Å²) in [5.41, 5.74) is 2.90. The molecule has 1 aromatic rings. The second-order valence-corrected chi connectivity index (χ2v) is 6.39. The van der Waals surface area contributed by atoms with Gasteiger partial charge in [-0.1, -0.05) is 6.07 Å². The van der Waals surface area contributed by atoms with E-state index < -0.39 is 0 Å². The molecule has 2 unspecified atom stereocenters. The van der Waals surface area contributed by atoms with Crippen molar-refractivity contribution in [3.63, 3.8) is 0 Å². The van der Waals surface area contributed by atoms with Crippen molar-refractivity contribution in [3.05, 3.63) is 29.6 Å². The van der Waals surface area contributed by atoms with Gasteiger partial charge in [0, 0.05) is 31.0 Å². The van der Waals surface area contributed by atoms with Gasteiger partial charge in [-0.2, -0.15) is 0 Å². The van der Waals surface area contributed by atoms with Gasteiger partial charge in [-0.3, -0.25) is 4.98 Å². The van der Waals surface area contributed by atoms with E-state index >= 15 is 0 Å². The van der Waals surface area contributed by atoms with Gasteiger partial charge >= 0.3 is 0 Å². The van der Waals surface area contributed by atoms with E-state index in [0.717, 1.165) is 6.42 Å². The predicted molar refractivity (Wildman–Crippen MR) is 81.0 cm³/mol. The normalized spacial score (nSPS) is 25.6.